The van der Waals surface area contributed by atoms with E-state index in [1.807, 2.05) is 24.5 Å². The maximum absolute atomic E-state index is 11.7. The van der Waals surface area contributed by atoms with Gasteiger partial charge in [0.15, 0.2) is 0 Å². The molecule has 1 saturated carbocycles. The Morgan fingerprint density at radius 2 is 2.33 bits per heavy atom. The van der Waals surface area contributed by atoms with Crippen molar-refractivity contribution in [2.24, 2.45) is 0 Å². The van der Waals surface area contributed by atoms with Crippen LogP contribution in [0.1, 0.15) is 31.4 Å². The second kappa shape index (κ2) is 5.95. The van der Waals surface area contributed by atoms with Crippen molar-refractivity contribution >= 4 is 11.6 Å². The van der Waals surface area contributed by atoms with Gasteiger partial charge in [-0.05, 0) is 31.4 Å². The van der Waals surface area contributed by atoms with Gasteiger partial charge < -0.3 is 10.6 Å². The van der Waals surface area contributed by atoms with Crippen LogP contribution in [-0.2, 0) is 11.3 Å². The summed E-state index contributed by atoms with van der Waals surface area (Å²) < 4.78 is 1.65. The average Bonchev–Trinajstić information content (AvgIpc) is 3.19. The van der Waals surface area contributed by atoms with E-state index < -0.39 is 0 Å². The van der Waals surface area contributed by atoms with Crippen molar-refractivity contribution in [2.75, 3.05) is 5.32 Å². The van der Waals surface area contributed by atoms with E-state index in [-0.39, 0.29) is 18.5 Å². The number of hydrogen-bond acceptors (Lipinski definition) is 4. The molecule has 2 aromatic rings. The third kappa shape index (κ3) is 3.81. The second-order valence-electron chi connectivity index (χ2n) is 5.42. The lowest BCUT2D eigenvalue weighted by Crippen LogP contribution is -2.29. The normalized spacial score (nSPS) is 15.5. The molecule has 0 bridgehead atoms. The highest BCUT2D eigenvalue weighted by atomic mass is 16.2. The van der Waals surface area contributed by atoms with Gasteiger partial charge in [0.1, 0.15) is 6.54 Å². The van der Waals surface area contributed by atoms with Crippen LogP contribution in [0.15, 0.2) is 36.9 Å². The van der Waals surface area contributed by atoms with E-state index in [2.05, 4.69) is 27.6 Å². The van der Waals surface area contributed by atoms with Crippen LogP contribution in [0.25, 0.3) is 0 Å². The number of pyridine rings is 1. The van der Waals surface area contributed by atoms with Crippen LogP contribution in [0, 0.1) is 0 Å². The largest absolute Gasteiger partial charge is 0.376 e. The van der Waals surface area contributed by atoms with Crippen molar-refractivity contribution in [1.29, 1.82) is 0 Å². The van der Waals surface area contributed by atoms with E-state index in [0.717, 1.165) is 24.1 Å². The second-order valence-corrected chi connectivity index (χ2v) is 5.42. The molecule has 110 valence electrons. The molecule has 3 rings (SSSR count). The topological polar surface area (TPSA) is 71.8 Å². The van der Waals surface area contributed by atoms with Gasteiger partial charge in [-0.15, -0.1) is 0 Å². The number of rotatable bonds is 6. The van der Waals surface area contributed by atoms with Crippen LogP contribution in [-0.4, -0.2) is 26.7 Å². The zero-order valence-electron chi connectivity index (χ0n) is 12.0. The SMILES string of the molecule is CC(Nc1cnn(CC(=O)NC2CC2)c1)c1cccnc1. The number of aromatic nitrogens is 3. The maximum atomic E-state index is 11.7. The molecule has 1 amide bonds. The Morgan fingerprint density at radius 1 is 1.48 bits per heavy atom. The molecule has 1 aliphatic carbocycles. The van der Waals surface area contributed by atoms with Gasteiger partial charge in [0.05, 0.1) is 17.9 Å². The van der Waals surface area contributed by atoms with Crippen molar-refractivity contribution in [3.8, 4) is 0 Å². The molecule has 6 nitrogen and oxygen atoms in total. The van der Waals surface area contributed by atoms with Gasteiger partial charge in [0, 0.05) is 24.6 Å². The molecule has 1 fully saturated rings. The minimum Gasteiger partial charge on any atom is -0.376 e. The van der Waals surface area contributed by atoms with Gasteiger partial charge in [0.25, 0.3) is 0 Å². The smallest absolute Gasteiger partial charge is 0.241 e. The summed E-state index contributed by atoms with van der Waals surface area (Å²) in [6, 6.07) is 4.46. The van der Waals surface area contributed by atoms with E-state index in [0.29, 0.717) is 6.04 Å². The number of carbonyl (C=O) groups is 1. The summed E-state index contributed by atoms with van der Waals surface area (Å²) in [6.45, 7) is 2.33. The lowest BCUT2D eigenvalue weighted by Gasteiger charge is -2.13. The molecule has 0 aromatic carbocycles. The molecule has 2 aromatic heterocycles. The summed E-state index contributed by atoms with van der Waals surface area (Å²) in [5.74, 6) is 0.0208. The van der Waals surface area contributed by atoms with Crippen molar-refractivity contribution in [2.45, 2.75) is 38.4 Å². The fraction of sp³-hybridized carbons (Fsp3) is 0.400. The van der Waals surface area contributed by atoms with E-state index in [4.69, 9.17) is 0 Å². The molecule has 0 radical (unpaired) electrons. The van der Waals surface area contributed by atoms with E-state index in [1.165, 1.54) is 0 Å². The zero-order valence-corrected chi connectivity index (χ0v) is 12.0. The van der Waals surface area contributed by atoms with Crippen LogP contribution in [0.4, 0.5) is 5.69 Å². The molecular formula is C15H19N5O. The van der Waals surface area contributed by atoms with Gasteiger partial charge in [-0.1, -0.05) is 6.07 Å². The van der Waals surface area contributed by atoms with Gasteiger partial charge in [0.2, 0.25) is 5.91 Å². The summed E-state index contributed by atoms with van der Waals surface area (Å²) in [4.78, 5) is 15.8. The predicted octanol–water partition coefficient (Wildman–Crippen LogP) is 1.73. The molecule has 1 unspecified atom stereocenters. The zero-order chi connectivity index (χ0) is 14.7. The molecule has 1 atom stereocenters. The minimum absolute atomic E-state index is 0.0208. The first-order chi connectivity index (χ1) is 10.2. The molecule has 2 N–H and O–H groups in total. The van der Waals surface area contributed by atoms with Crippen molar-refractivity contribution in [3.63, 3.8) is 0 Å². The predicted molar refractivity (Wildman–Crippen MR) is 79.7 cm³/mol. The lowest BCUT2D eigenvalue weighted by atomic mass is 10.1. The Hall–Kier alpha value is -2.37. The number of nitrogens with zero attached hydrogens (tertiary/aromatic N) is 3. The number of amides is 1. The standard InChI is InChI=1S/C15H19N5O/c1-11(12-3-2-6-16-7-12)18-14-8-17-20(9-14)10-15(21)19-13-4-5-13/h2-3,6-9,11,13,18H,4-5,10H2,1H3,(H,19,21). The fourth-order valence-corrected chi connectivity index (χ4v) is 2.14. The quantitative estimate of drug-likeness (QED) is 0.848. The molecule has 0 saturated heterocycles. The van der Waals surface area contributed by atoms with E-state index >= 15 is 0 Å². The van der Waals surface area contributed by atoms with Crippen molar-refractivity contribution in [3.05, 3.63) is 42.5 Å². The average molecular weight is 285 g/mol. The minimum atomic E-state index is 0.0208. The summed E-state index contributed by atoms with van der Waals surface area (Å²) in [5.41, 5.74) is 2.00. The summed E-state index contributed by atoms with van der Waals surface area (Å²) >= 11 is 0. The van der Waals surface area contributed by atoms with E-state index in [9.17, 15) is 4.79 Å². The third-order valence-corrected chi connectivity index (χ3v) is 3.45. The Kier molecular flexibility index (Phi) is 3.85. The maximum Gasteiger partial charge on any atom is 0.241 e. The van der Waals surface area contributed by atoms with Crippen LogP contribution < -0.4 is 10.6 Å². The molecule has 2 heterocycles. The molecule has 21 heavy (non-hydrogen) atoms. The summed E-state index contributed by atoms with van der Waals surface area (Å²) in [6.07, 6.45) is 9.37. The highest BCUT2D eigenvalue weighted by molar-refractivity contribution is 5.76. The highest BCUT2D eigenvalue weighted by Gasteiger charge is 2.23. The molecule has 0 spiro atoms. The number of hydrogen-bond donors (Lipinski definition) is 2. The fourth-order valence-electron chi connectivity index (χ4n) is 2.14. The van der Waals surface area contributed by atoms with E-state index in [1.54, 1.807) is 17.1 Å². The lowest BCUT2D eigenvalue weighted by molar-refractivity contribution is -0.122. The third-order valence-electron chi connectivity index (χ3n) is 3.45. The molecule has 1 aliphatic rings. The monoisotopic (exact) mass is 285 g/mol. The number of anilines is 1. The molecular weight excluding hydrogens is 266 g/mol. The Bertz CT molecular complexity index is 606. The van der Waals surface area contributed by atoms with Crippen LogP contribution in [0.2, 0.25) is 0 Å². The number of nitrogens with one attached hydrogen (secondary N) is 2. The Labute approximate surface area is 123 Å². The van der Waals surface area contributed by atoms with Gasteiger partial charge in [-0.2, -0.15) is 5.10 Å². The van der Waals surface area contributed by atoms with Gasteiger partial charge in [-0.25, -0.2) is 0 Å². The van der Waals surface area contributed by atoms with Crippen LogP contribution >= 0.6 is 0 Å². The Morgan fingerprint density at radius 3 is 3.05 bits per heavy atom. The molecule has 6 heteroatoms. The van der Waals surface area contributed by atoms with Crippen LogP contribution in [0.3, 0.4) is 0 Å². The van der Waals surface area contributed by atoms with Gasteiger partial charge >= 0.3 is 0 Å². The van der Waals surface area contributed by atoms with Crippen LogP contribution in [0.5, 0.6) is 0 Å². The summed E-state index contributed by atoms with van der Waals surface area (Å²) in [7, 11) is 0. The Balaban J connectivity index is 1.55. The number of carbonyl (C=O) groups excluding carboxylic acids is 1. The van der Waals surface area contributed by atoms with Crippen molar-refractivity contribution in [1.82, 2.24) is 20.1 Å². The first kappa shape index (κ1) is 13.6. The van der Waals surface area contributed by atoms with Gasteiger partial charge in [-0.3, -0.25) is 14.5 Å². The van der Waals surface area contributed by atoms with Crippen molar-refractivity contribution < 1.29 is 4.79 Å². The highest BCUT2D eigenvalue weighted by Crippen LogP contribution is 2.19. The molecule has 0 aliphatic heterocycles. The first-order valence-corrected chi connectivity index (χ1v) is 7.19. The first-order valence-electron chi connectivity index (χ1n) is 7.19. The summed E-state index contributed by atoms with van der Waals surface area (Å²) in [5, 5.41) is 10.5.